The molecule has 0 saturated carbocycles. The monoisotopic (exact) mass is 483 g/mol. The van der Waals surface area contributed by atoms with Gasteiger partial charge in [-0.1, -0.05) is 83.4 Å². The van der Waals surface area contributed by atoms with E-state index in [1.807, 2.05) is 0 Å². The third kappa shape index (κ3) is 4.29. The standard InChI is InChI=1S/C22H17Cl4NO3/c1-12-10-11-15(19(29)18(28)13-6-3-2-4-7-13)20(25)22(12,26)27-21(30)14-8-5-9-16(23)17(14)24/h2-11,18,20,28H,1H3,(H,27,30). The summed E-state index contributed by atoms with van der Waals surface area (Å²) >= 11 is 25.4. The van der Waals surface area contributed by atoms with Crippen LogP contribution in [0.15, 0.2) is 71.8 Å². The second kappa shape index (κ2) is 9.13. The van der Waals surface area contributed by atoms with E-state index < -0.39 is 28.2 Å². The van der Waals surface area contributed by atoms with E-state index in [1.54, 1.807) is 55.5 Å². The molecule has 4 nitrogen and oxygen atoms in total. The van der Waals surface area contributed by atoms with Crippen molar-refractivity contribution >= 4 is 58.1 Å². The predicted molar refractivity (Wildman–Crippen MR) is 120 cm³/mol. The quantitative estimate of drug-likeness (QED) is 0.437. The molecular weight excluding hydrogens is 468 g/mol. The SMILES string of the molecule is CC1=CC=C(C(=O)C(O)c2ccccc2)C(Cl)C1(Cl)NC(=O)c1cccc(Cl)c1Cl. The average Bonchev–Trinajstić information content (AvgIpc) is 2.74. The summed E-state index contributed by atoms with van der Waals surface area (Å²) in [4.78, 5) is 24.1. The molecule has 2 aromatic rings. The first kappa shape index (κ1) is 22.9. The number of ketones is 1. The summed E-state index contributed by atoms with van der Waals surface area (Å²) in [6.07, 6.45) is 1.67. The van der Waals surface area contributed by atoms with Crippen LogP contribution in [0.3, 0.4) is 0 Å². The number of Topliss-reactive ketones (excluding diaryl/α,β-unsaturated/α-hetero) is 1. The largest absolute Gasteiger partial charge is 0.380 e. The van der Waals surface area contributed by atoms with Crippen LogP contribution < -0.4 is 5.32 Å². The Kier molecular flexibility index (Phi) is 6.95. The minimum Gasteiger partial charge on any atom is -0.380 e. The number of rotatable bonds is 5. The maximum absolute atomic E-state index is 12.9. The molecule has 2 N–H and O–H groups in total. The number of amides is 1. The maximum Gasteiger partial charge on any atom is 0.254 e. The highest BCUT2D eigenvalue weighted by Crippen LogP contribution is 2.40. The molecule has 1 aliphatic carbocycles. The Labute approximate surface area is 194 Å². The van der Waals surface area contributed by atoms with Crippen LogP contribution >= 0.6 is 46.4 Å². The fourth-order valence-electron chi connectivity index (χ4n) is 3.06. The van der Waals surface area contributed by atoms with Crippen molar-refractivity contribution in [2.75, 3.05) is 0 Å². The smallest absolute Gasteiger partial charge is 0.254 e. The topological polar surface area (TPSA) is 66.4 Å². The van der Waals surface area contributed by atoms with Crippen molar-refractivity contribution in [3.05, 3.63) is 93.0 Å². The van der Waals surface area contributed by atoms with E-state index in [4.69, 9.17) is 46.4 Å². The molecule has 3 atom stereocenters. The van der Waals surface area contributed by atoms with Crippen LogP contribution in [0.2, 0.25) is 10.0 Å². The Bertz CT molecular complexity index is 1050. The third-order valence-electron chi connectivity index (χ3n) is 4.85. The predicted octanol–water partition coefficient (Wildman–Crippen LogP) is 5.45. The highest BCUT2D eigenvalue weighted by molar-refractivity contribution is 6.44. The van der Waals surface area contributed by atoms with E-state index in [-0.39, 0.29) is 21.2 Å². The summed E-state index contributed by atoms with van der Waals surface area (Å²) in [6, 6.07) is 13.1. The number of carbonyl (C=O) groups excluding carboxylic acids is 2. The van der Waals surface area contributed by atoms with Crippen LogP contribution in [0.25, 0.3) is 0 Å². The molecule has 1 aliphatic rings. The number of alkyl halides is 2. The lowest BCUT2D eigenvalue weighted by atomic mass is 9.87. The van der Waals surface area contributed by atoms with Gasteiger partial charge in [0.15, 0.2) is 10.8 Å². The van der Waals surface area contributed by atoms with Crippen LogP contribution in [0, 0.1) is 0 Å². The Balaban J connectivity index is 1.88. The molecule has 0 spiro atoms. The van der Waals surface area contributed by atoms with Crippen molar-refractivity contribution in [2.24, 2.45) is 0 Å². The van der Waals surface area contributed by atoms with Gasteiger partial charge in [0.25, 0.3) is 5.91 Å². The molecule has 0 radical (unpaired) electrons. The number of benzene rings is 2. The Morgan fingerprint density at radius 1 is 1.07 bits per heavy atom. The average molecular weight is 485 g/mol. The molecule has 0 aromatic heterocycles. The number of hydrogen-bond acceptors (Lipinski definition) is 3. The minimum absolute atomic E-state index is 0.0751. The first-order valence-electron chi connectivity index (χ1n) is 8.92. The lowest BCUT2D eigenvalue weighted by Crippen LogP contribution is -2.54. The van der Waals surface area contributed by atoms with Gasteiger partial charge < -0.3 is 10.4 Å². The molecule has 30 heavy (non-hydrogen) atoms. The highest BCUT2D eigenvalue weighted by atomic mass is 35.5. The molecular formula is C22H17Cl4NO3. The summed E-state index contributed by atoms with van der Waals surface area (Å²) in [5, 5.41) is 12.3. The van der Waals surface area contributed by atoms with Crippen molar-refractivity contribution in [2.45, 2.75) is 23.4 Å². The van der Waals surface area contributed by atoms with Gasteiger partial charge in [0.05, 0.1) is 15.6 Å². The van der Waals surface area contributed by atoms with E-state index in [2.05, 4.69) is 5.32 Å². The number of carbonyl (C=O) groups is 2. The summed E-state index contributed by atoms with van der Waals surface area (Å²) in [5.41, 5.74) is 1.13. The lowest BCUT2D eigenvalue weighted by molar-refractivity contribution is -0.123. The zero-order valence-corrected chi connectivity index (χ0v) is 18.7. The van der Waals surface area contributed by atoms with E-state index in [9.17, 15) is 14.7 Å². The molecule has 156 valence electrons. The van der Waals surface area contributed by atoms with Gasteiger partial charge in [0.1, 0.15) is 11.5 Å². The van der Waals surface area contributed by atoms with Crippen LogP contribution in [-0.4, -0.2) is 27.2 Å². The summed E-state index contributed by atoms with van der Waals surface area (Å²) < 4.78 is 0. The number of aliphatic hydroxyl groups is 1. The van der Waals surface area contributed by atoms with Crippen LogP contribution in [0.5, 0.6) is 0 Å². The Hall–Kier alpha value is -1.82. The normalized spacial score (nSPS) is 22.0. The summed E-state index contributed by atoms with van der Waals surface area (Å²) in [5.74, 6) is -1.21. The fraction of sp³-hybridized carbons (Fsp3) is 0.182. The fourth-order valence-corrected chi connectivity index (χ4v) is 4.12. The highest BCUT2D eigenvalue weighted by Gasteiger charge is 2.45. The van der Waals surface area contributed by atoms with Gasteiger partial charge in [-0.3, -0.25) is 9.59 Å². The van der Waals surface area contributed by atoms with Crippen molar-refractivity contribution in [1.29, 1.82) is 0 Å². The third-order valence-corrected chi connectivity index (χ3v) is 6.95. The maximum atomic E-state index is 12.9. The zero-order valence-electron chi connectivity index (χ0n) is 15.7. The van der Waals surface area contributed by atoms with E-state index in [0.29, 0.717) is 11.1 Å². The molecule has 2 aromatic carbocycles. The van der Waals surface area contributed by atoms with Gasteiger partial charge in [-0.15, -0.1) is 11.6 Å². The van der Waals surface area contributed by atoms with Crippen molar-refractivity contribution in [3.63, 3.8) is 0 Å². The first-order valence-corrected chi connectivity index (χ1v) is 10.5. The zero-order chi connectivity index (χ0) is 22.1. The van der Waals surface area contributed by atoms with Gasteiger partial charge in [-0.25, -0.2) is 0 Å². The van der Waals surface area contributed by atoms with Crippen molar-refractivity contribution in [3.8, 4) is 0 Å². The Morgan fingerprint density at radius 3 is 2.40 bits per heavy atom. The van der Waals surface area contributed by atoms with Gasteiger partial charge in [-0.05, 0) is 30.2 Å². The Morgan fingerprint density at radius 2 is 1.73 bits per heavy atom. The number of halogens is 4. The van der Waals surface area contributed by atoms with E-state index in [1.165, 1.54) is 12.1 Å². The van der Waals surface area contributed by atoms with E-state index in [0.717, 1.165) is 0 Å². The molecule has 0 fully saturated rings. The molecule has 1 amide bonds. The van der Waals surface area contributed by atoms with Gasteiger partial charge in [0.2, 0.25) is 0 Å². The van der Waals surface area contributed by atoms with E-state index >= 15 is 0 Å². The molecule has 0 bridgehead atoms. The number of allylic oxidation sites excluding steroid dienone is 2. The minimum atomic E-state index is -1.61. The summed E-state index contributed by atoms with van der Waals surface area (Å²) in [6.45, 7) is 1.67. The molecule has 0 aliphatic heterocycles. The van der Waals surface area contributed by atoms with Crippen molar-refractivity contribution < 1.29 is 14.7 Å². The second-order valence-corrected chi connectivity index (χ2v) is 8.60. The molecule has 0 heterocycles. The second-order valence-electron chi connectivity index (χ2n) is 6.78. The van der Waals surface area contributed by atoms with Gasteiger partial charge >= 0.3 is 0 Å². The first-order chi connectivity index (χ1) is 14.2. The van der Waals surface area contributed by atoms with Crippen molar-refractivity contribution in [1.82, 2.24) is 5.32 Å². The van der Waals surface area contributed by atoms with Gasteiger partial charge in [0, 0.05) is 5.57 Å². The molecule has 3 unspecified atom stereocenters. The summed E-state index contributed by atoms with van der Waals surface area (Å²) in [7, 11) is 0. The van der Waals surface area contributed by atoms with Gasteiger partial charge in [-0.2, -0.15) is 0 Å². The van der Waals surface area contributed by atoms with Crippen LogP contribution in [0.1, 0.15) is 28.9 Å². The molecule has 0 saturated heterocycles. The number of aliphatic hydroxyl groups excluding tert-OH is 1. The van der Waals surface area contributed by atoms with Crippen LogP contribution in [-0.2, 0) is 4.79 Å². The lowest BCUT2D eigenvalue weighted by Gasteiger charge is -2.37. The molecule has 8 heteroatoms. The number of hydrogen-bond donors (Lipinski definition) is 2. The van der Waals surface area contributed by atoms with Crippen LogP contribution in [0.4, 0.5) is 0 Å². The molecule has 3 rings (SSSR count). The number of nitrogens with one attached hydrogen (secondary N) is 1.